The molecule has 0 spiro atoms. The van der Waals surface area contributed by atoms with Crippen LogP contribution >= 0.6 is 0 Å². The SMILES string of the molecule is CCOC(=O)c1c(C)c(C(=O)Nc2ccc(OC(F)(F)F)cc2)c(C)n1CC. The van der Waals surface area contributed by atoms with E-state index in [9.17, 15) is 22.8 Å². The minimum Gasteiger partial charge on any atom is -0.461 e. The summed E-state index contributed by atoms with van der Waals surface area (Å²) in [5, 5.41) is 2.62. The van der Waals surface area contributed by atoms with Crippen LogP contribution in [0.3, 0.4) is 0 Å². The summed E-state index contributed by atoms with van der Waals surface area (Å²) < 4.78 is 47.2. The van der Waals surface area contributed by atoms with Gasteiger partial charge in [0.1, 0.15) is 11.4 Å². The number of esters is 1. The van der Waals surface area contributed by atoms with Crippen molar-refractivity contribution < 1.29 is 32.2 Å². The van der Waals surface area contributed by atoms with Crippen molar-refractivity contribution in [2.45, 2.75) is 40.6 Å². The molecular formula is C19H21F3N2O4. The van der Waals surface area contributed by atoms with E-state index in [1.807, 2.05) is 6.92 Å². The first-order valence-corrected chi connectivity index (χ1v) is 8.63. The standard InChI is InChI=1S/C19H21F3N2O4/c1-5-24-12(4)15(11(3)16(24)18(26)27-6-2)17(25)23-13-7-9-14(10-8-13)28-19(20,21)22/h7-10H,5-6H2,1-4H3,(H,23,25). The Kier molecular flexibility index (Phi) is 6.37. The Morgan fingerprint density at radius 3 is 2.21 bits per heavy atom. The van der Waals surface area contributed by atoms with Crippen molar-refractivity contribution in [2.24, 2.45) is 0 Å². The zero-order valence-electron chi connectivity index (χ0n) is 15.9. The van der Waals surface area contributed by atoms with Crippen molar-refractivity contribution >= 4 is 17.6 Å². The maximum absolute atomic E-state index is 12.7. The van der Waals surface area contributed by atoms with Crippen LogP contribution < -0.4 is 10.1 Å². The van der Waals surface area contributed by atoms with Crippen LogP contribution in [-0.4, -0.2) is 29.4 Å². The van der Waals surface area contributed by atoms with E-state index in [1.165, 1.54) is 12.1 Å². The molecule has 1 heterocycles. The van der Waals surface area contributed by atoms with Gasteiger partial charge >= 0.3 is 12.3 Å². The zero-order chi connectivity index (χ0) is 21.1. The minimum atomic E-state index is -4.79. The molecule has 0 atom stereocenters. The van der Waals surface area contributed by atoms with Crippen molar-refractivity contribution in [2.75, 3.05) is 11.9 Å². The Bertz CT molecular complexity index is 871. The van der Waals surface area contributed by atoms with E-state index >= 15 is 0 Å². The summed E-state index contributed by atoms with van der Waals surface area (Å²) in [5.41, 5.74) is 1.99. The molecule has 1 aromatic heterocycles. The van der Waals surface area contributed by atoms with Gasteiger partial charge in [-0.1, -0.05) is 0 Å². The highest BCUT2D eigenvalue weighted by Gasteiger charge is 2.31. The topological polar surface area (TPSA) is 69.6 Å². The predicted octanol–water partition coefficient (Wildman–Crippen LogP) is 4.45. The number of nitrogens with zero attached hydrogens (tertiary/aromatic N) is 1. The van der Waals surface area contributed by atoms with Gasteiger partial charge in [-0.05, 0) is 57.5 Å². The molecule has 2 aromatic rings. The molecular weight excluding hydrogens is 377 g/mol. The van der Waals surface area contributed by atoms with Gasteiger partial charge in [0.2, 0.25) is 0 Å². The molecule has 1 N–H and O–H groups in total. The molecule has 1 aromatic carbocycles. The van der Waals surface area contributed by atoms with Crippen LogP contribution in [-0.2, 0) is 11.3 Å². The number of hydrogen-bond donors (Lipinski definition) is 1. The number of alkyl halides is 3. The van der Waals surface area contributed by atoms with E-state index in [2.05, 4.69) is 10.1 Å². The molecule has 152 valence electrons. The van der Waals surface area contributed by atoms with Crippen LogP contribution in [0.1, 0.15) is 46.0 Å². The summed E-state index contributed by atoms with van der Waals surface area (Å²) >= 11 is 0. The first kappa shape index (κ1) is 21.3. The van der Waals surface area contributed by atoms with Crippen LogP contribution in [0.2, 0.25) is 0 Å². The van der Waals surface area contributed by atoms with Gasteiger partial charge in [-0.2, -0.15) is 0 Å². The molecule has 0 radical (unpaired) electrons. The third kappa shape index (κ3) is 4.65. The molecule has 0 saturated carbocycles. The largest absolute Gasteiger partial charge is 0.573 e. The highest BCUT2D eigenvalue weighted by molar-refractivity contribution is 6.08. The third-order valence-electron chi connectivity index (χ3n) is 4.12. The zero-order valence-corrected chi connectivity index (χ0v) is 15.9. The summed E-state index contributed by atoms with van der Waals surface area (Å²) in [6.07, 6.45) is -4.79. The fraction of sp³-hybridized carbons (Fsp3) is 0.368. The Labute approximate surface area is 160 Å². The second-order valence-corrected chi connectivity index (χ2v) is 5.93. The summed E-state index contributed by atoms with van der Waals surface area (Å²) in [6, 6.07) is 4.80. The third-order valence-corrected chi connectivity index (χ3v) is 4.12. The number of benzene rings is 1. The summed E-state index contributed by atoms with van der Waals surface area (Å²) in [7, 11) is 0. The minimum absolute atomic E-state index is 0.208. The van der Waals surface area contributed by atoms with E-state index in [4.69, 9.17) is 4.74 Å². The normalized spacial score (nSPS) is 11.2. The number of halogens is 3. The number of hydrogen-bond acceptors (Lipinski definition) is 4. The Morgan fingerprint density at radius 1 is 1.11 bits per heavy atom. The lowest BCUT2D eigenvalue weighted by Crippen LogP contribution is -2.17. The van der Waals surface area contributed by atoms with Gasteiger partial charge < -0.3 is 19.4 Å². The maximum Gasteiger partial charge on any atom is 0.573 e. The molecule has 6 nitrogen and oxygen atoms in total. The number of carbonyl (C=O) groups is 2. The van der Waals surface area contributed by atoms with Gasteiger partial charge in [0, 0.05) is 17.9 Å². The van der Waals surface area contributed by atoms with Gasteiger partial charge in [0.15, 0.2) is 0 Å². The molecule has 2 rings (SSSR count). The number of nitrogens with one attached hydrogen (secondary N) is 1. The summed E-state index contributed by atoms with van der Waals surface area (Å²) in [4.78, 5) is 25.0. The number of aromatic nitrogens is 1. The average molecular weight is 398 g/mol. The first-order valence-electron chi connectivity index (χ1n) is 8.63. The van der Waals surface area contributed by atoms with E-state index < -0.39 is 18.2 Å². The quantitative estimate of drug-likeness (QED) is 0.730. The van der Waals surface area contributed by atoms with Gasteiger partial charge in [-0.25, -0.2) is 4.79 Å². The van der Waals surface area contributed by atoms with Crippen molar-refractivity contribution in [3.8, 4) is 5.75 Å². The summed E-state index contributed by atoms with van der Waals surface area (Å²) in [6.45, 7) is 7.59. The van der Waals surface area contributed by atoms with Crippen LogP contribution in [0.15, 0.2) is 24.3 Å². The Hall–Kier alpha value is -2.97. The van der Waals surface area contributed by atoms with Crippen molar-refractivity contribution in [1.29, 1.82) is 0 Å². The van der Waals surface area contributed by atoms with Gasteiger partial charge in [-0.15, -0.1) is 13.2 Å². The van der Waals surface area contributed by atoms with Gasteiger partial charge in [-0.3, -0.25) is 4.79 Å². The second kappa shape index (κ2) is 8.37. The molecule has 28 heavy (non-hydrogen) atoms. The number of carbonyl (C=O) groups excluding carboxylic acids is 2. The lowest BCUT2D eigenvalue weighted by atomic mass is 10.1. The van der Waals surface area contributed by atoms with Crippen molar-refractivity contribution in [3.05, 3.63) is 46.8 Å². The molecule has 0 bridgehead atoms. The van der Waals surface area contributed by atoms with Crippen molar-refractivity contribution in [3.63, 3.8) is 0 Å². The fourth-order valence-electron chi connectivity index (χ4n) is 3.02. The second-order valence-electron chi connectivity index (χ2n) is 5.93. The Balaban J connectivity index is 2.28. The molecule has 0 saturated heterocycles. The monoisotopic (exact) mass is 398 g/mol. The average Bonchev–Trinajstić information content (AvgIpc) is 2.85. The lowest BCUT2D eigenvalue weighted by Gasteiger charge is -2.10. The highest BCUT2D eigenvalue weighted by atomic mass is 19.4. The van der Waals surface area contributed by atoms with Crippen LogP contribution in [0, 0.1) is 13.8 Å². The molecule has 0 aliphatic rings. The fourth-order valence-corrected chi connectivity index (χ4v) is 3.02. The van der Waals surface area contributed by atoms with E-state index in [0.717, 1.165) is 12.1 Å². The van der Waals surface area contributed by atoms with E-state index in [-0.39, 0.29) is 12.4 Å². The molecule has 9 heteroatoms. The van der Waals surface area contributed by atoms with Crippen molar-refractivity contribution in [1.82, 2.24) is 4.57 Å². The van der Waals surface area contributed by atoms with E-state index in [1.54, 1.807) is 25.3 Å². The molecule has 0 aliphatic carbocycles. The smallest absolute Gasteiger partial charge is 0.461 e. The van der Waals surface area contributed by atoms with Crippen LogP contribution in [0.4, 0.5) is 18.9 Å². The van der Waals surface area contributed by atoms with E-state index in [0.29, 0.717) is 34.7 Å². The predicted molar refractivity (Wildman–Crippen MR) is 96.6 cm³/mol. The maximum atomic E-state index is 12.7. The molecule has 0 unspecified atom stereocenters. The number of anilines is 1. The van der Waals surface area contributed by atoms with Gasteiger partial charge in [0.25, 0.3) is 5.91 Å². The van der Waals surface area contributed by atoms with Crippen LogP contribution in [0.5, 0.6) is 5.75 Å². The summed E-state index contributed by atoms with van der Waals surface area (Å²) in [5.74, 6) is -1.38. The molecule has 1 amide bonds. The first-order chi connectivity index (χ1) is 13.1. The lowest BCUT2D eigenvalue weighted by molar-refractivity contribution is -0.274. The van der Waals surface area contributed by atoms with Crippen LogP contribution in [0.25, 0.3) is 0 Å². The highest BCUT2D eigenvalue weighted by Crippen LogP contribution is 2.26. The molecule has 0 fully saturated rings. The number of ether oxygens (including phenoxy) is 2. The molecule has 0 aliphatic heterocycles. The Morgan fingerprint density at radius 2 is 1.71 bits per heavy atom. The van der Waals surface area contributed by atoms with Gasteiger partial charge in [0.05, 0.1) is 12.2 Å². The number of rotatable bonds is 6. The number of amides is 1.